The van der Waals surface area contributed by atoms with Crippen molar-refractivity contribution in [2.75, 3.05) is 12.5 Å². The van der Waals surface area contributed by atoms with E-state index in [-0.39, 0.29) is 5.03 Å². The summed E-state index contributed by atoms with van der Waals surface area (Å²) in [6.45, 7) is 3.83. The Morgan fingerprint density at radius 1 is 1.53 bits per heavy atom. The minimum Gasteiger partial charge on any atom is -0.491 e. The summed E-state index contributed by atoms with van der Waals surface area (Å²) < 4.78 is 29.7. The van der Waals surface area contributed by atoms with Crippen molar-refractivity contribution in [3.8, 4) is 5.75 Å². The Labute approximate surface area is 107 Å². The molecule has 0 amide bonds. The first-order valence-electron chi connectivity index (χ1n) is 5.41. The molecule has 1 atom stereocenters. The maximum absolute atomic E-state index is 12.2. The topological polar surface area (TPSA) is 56.3 Å². The summed E-state index contributed by atoms with van der Waals surface area (Å²) in [4.78, 5) is 3.92. The Morgan fingerprint density at radius 2 is 2.24 bits per heavy atom. The standard InChI is InChI=1S/C11H16ClNO3S/c1-3-16-10-5-4-8-13-11(10)17(14,15)9(2)6-7-12/h4-5,8-9H,3,6-7H2,1-2H3. The van der Waals surface area contributed by atoms with E-state index >= 15 is 0 Å². The van der Waals surface area contributed by atoms with Crippen LogP contribution in [0.3, 0.4) is 0 Å². The number of hydrogen-bond donors (Lipinski definition) is 0. The van der Waals surface area contributed by atoms with E-state index in [9.17, 15) is 8.42 Å². The second-order valence-corrected chi connectivity index (χ2v) is 6.23. The number of ether oxygens (including phenoxy) is 1. The molecule has 0 bridgehead atoms. The highest BCUT2D eigenvalue weighted by Gasteiger charge is 2.27. The number of hydrogen-bond acceptors (Lipinski definition) is 4. The molecule has 0 aliphatic carbocycles. The normalized spacial score (nSPS) is 13.4. The van der Waals surface area contributed by atoms with E-state index in [1.165, 1.54) is 6.20 Å². The molecule has 1 rings (SSSR count). The number of nitrogens with zero attached hydrogens (tertiary/aromatic N) is 1. The Morgan fingerprint density at radius 3 is 2.82 bits per heavy atom. The molecule has 0 N–H and O–H groups in total. The van der Waals surface area contributed by atoms with E-state index in [1.54, 1.807) is 26.0 Å². The number of halogens is 1. The Bertz CT molecular complexity index is 462. The summed E-state index contributed by atoms with van der Waals surface area (Å²) in [6, 6.07) is 3.26. The van der Waals surface area contributed by atoms with Gasteiger partial charge in [0, 0.05) is 12.1 Å². The summed E-state index contributed by atoms with van der Waals surface area (Å²) >= 11 is 5.57. The molecule has 17 heavy (non-hydrogen) atoms. The average Bonchev–Trinajstić information content (AvgIpc) is 2.30. The molecule has 96 valence electrons. The highest BCUT2D eigenvalue weighted by molar-refractivity contribution is 7.92. The van der Waals surface area contributed by atoms with Crippen molar-refractivity contribution >= 4 is 21.4 Å². The van der Waals surface area contributed by atoms with Crippen LogP contribution >= 0.6 is 11.6 Å². The molecule has 1 aromatic rings. The van der Waals surface area contributed by atoms with E-state index in [2.05, 4.69) is 4.98 Å². The van der Waals surface area contributed by atoms with Crippen LogP contribution in [0.25, 0.3) is 0 Å². The molecule has 1 unspecified atom stereocenters. The van der Waals surface area contributed by atoms with Crippen LogP contribution in [-0.4, -0.2) is 31.1 Å². The van der Waals surface area contributed by atoms with Gasteiger partial charge in [0.05, 0.1) is 11.9 Å². The van der Waals surface area contributed by atoms with Gasteiger partial charge in [-0.1, -0.05) is 0 Å². The summed E-state index contributed by atoms with van der Waals surface area (Å²) in [5.41, 5.74) is 0. The molecule has 1 aromatic heterocycles. The van der Waals surface area contributed by atoms with Crippen molar-refractivity contribution in [3.63, 3.8) is 0 Å². The Hall–Kier alpha value is -0.810. The molecule has 1 heterocycles. The van der Waals surface area contributed by atoms with Gasteiger partial charge in [-0.15, -0.1) is 11.6 Å². The maximum atomic E-state index is 12.2. The van der Waals surface area contributed by atoms with Gasteiger partial charge in [0.1, 0.15) is 0 Å². The lowest BCUT2D eigenvalue weighted by molar-refractivity contribution is 0.328. The molecule has 0 saturated carbocycles. The number of pyridine rings is 1. The lowest BCUT2D eigenvalue weighted by atomic mass is 10.4. The molecule has 6 heteroatoms. The minimum absolute atomic E-state index is 0.000494. The molecule has 4 nitrogen and oxygen atoms in total. The largest absolute Gasteiger partial charge is 0.491 e. The van der Waals surface area contributed by atoms with E-state index in [0.717, 1.165) is 0 Å². The molecule has 0 aliphatic rings. The number of aromatic nitrogens is 1. The van der Waals surface area contributed by atoms with Crippen LogP contribution in [0.15, 0.2) is 23.4 Å². The second-order valence-electron chi connectivity index (χ2n) is 3.57. The Kier molecular flexibility index (Phi) is 5.21. The lowest BCUT2D eigenvalue weighted by Gasteiger charge is -2.13. The first kappa shape index (κ1) is 14.3. The van der Waals surface area contributed by atoms with Gasteiger partial charge in [0.25, 0.3) is 0 Å². The van der Waals surface area contributed by atoms with Crippen molar-refractivity contribution in [2.45, 2.75) is 30.5 Å². The van der Waals surface area contributed by atoms with Gasteiger partial charge < -0.3 is 4.74 Å². The van der Waals surface area contributed by atoms with E-state index < -0.39 is 15.1 Å². The van der Waals surface area contributed by atoms with Gasteiger partial charge in [-0.05, 0) is 32.4 Å². The van der Waals surface area contributed by atoms with Crippen LogP contribution in [0.1, 0.15) is 20.3 Å². The zero-order chi connectivity index (χ0) is 12.9. The first-order valence-corrected chi connectivity index (χ1v) is 7.49. The first-order chi connectivity index (χ1) is 8.04. The fraction of sp³-hybridized carbons (Fsp3) is 0.545. The smallest absolute Gasteiger partial charge is 0.201 e. The number of rotatable bonds is 6. The third-order valence-corrected chi connectivity index (χ3v) is 4.71. The second kappa shape index (κ2) is 6.21. The van der Waals surface area contributed by atoms with Gasteiger partial charge in [-0.2, -0.15) is 0 Å². The van der Waals surface area contributed by atoms with Gasteiger partial charge in [-0.25, -0.2) is 13.4 Å². The van der Waals surface area contributed by atoms with Crippen molar-refractivity contribution in [3.05, 3.63) is 18.3 Å². The molecule has 0 fully saturated rings. The van der Waals surface area contributed by atoms with Crippen LogP contribution in [0.5, 0.6) is 5.75 Å². The van der Waals surface area contributed by atoms with Gasteiger partial charge in [-0.3, -0.25) is 0 Å². The average molecular weight is 278 g/mol. The predicted molar refractivity (Wildman–Crippen MR) is 67.4 cm³/mol. The van der Waals surface area contributed by atoms with E-state index in [4.69, 9.17) is 16.3 Å². The third kappa shape index (κ3) is 3.33. The van der Waals surface area contributed by atoms with Crippen LogP contribution in [0, 0.1) is 0 Å². The van der Waals surface area contributed by atoms with Crippen LogP contribution in [-0.2, 0) is 9.84 Å². The van der Waals surface area contributed by atoms with Crippen LogP contribution in [0.2, 0.25) is 0 Å². The zero-order valence-electron chi connectivity index (χ0n) is 9.89. The molecular formula is C11H16ClNO3S. The van der Waals surface area contributed by atoms with Gasteiger partial charge >= 0.3 is 0 Å². The van der Waals surface area contributed by atoms with Crippen LogP contribution < -0.4 is 4.74 Å². The third-order valence-electron chi connectivity index (χ3n) is 2.35. The molecule has 0 spiro atoms. The molecule has 0 aliphatic heterocycles. The molecular weight excluding hydrogens is 262 g/mol. The zero-order valence-corrected chi connectivity index (χ0v) is 11.5. The van der Waals surface area contributed by atoms with Gasteiger partial charge in [0.15, 0.2) is 10.8 Å². The highest BCUT2D eigenvalue weighted by Crippen LogP contribution is 2.25. The number of alkyl halides is 1. The summed E-state index contributed by atoms with van der Waals surface area (Å²) in [6.07, 6.45) is 1.84. The summed E-state index contributed by atoms with van der Waals surface area (Å²) in [7, 11) is -3.47. The van der Waals surface area contributed by atoms with Crippen LogP contribution in [0.4, 0.5) is 0 Å². The van der Waals surface area contributed by atoms with E-state index in [1.807, 2.05) is 0 Å². The maximum Gasteiger partial charge on any atom is 0.201 e. The SMILES string of the molecule is CCOc1cccnc1S(=O)(=O)C(C)CCCl. The number of sulfone groups is 1. The molecule has 0 saturated heterocycles. The monoisotopic (exact) mass is 277 g/mol. The van der Waals surface area contributed by atoms with E-state index in [0.29, 0.717) is 24.7 Å². The predicted octanol–water partition coefficient (Wildman–Crippen LogP) is 2.27. The van der Waals surface area contributed by atoms with Crippen molar-refractivity contribution < 1.29 is 13.2 Å². The lowest BCUT2D eigenvalue weighted by Crippen LogP contribution is -2.20. The summed E-state index contributed by atoms with van der Waals surface area (Å²) in [5.74, 6) is 0.605. The van der Waals surface area contributed by atoms with Crippen molar-refractivity contribution in [1.29, 1.82) is 0 Å². The van der Waals surface area contributed by atoms with Crippen molar-refractivity contribution in [2.24, 2.45) is 0 Å². The molecule has 0 aromatic carbocycles. The highest BCUT2D eigenvalue weighted by atomic mass is 35.5. The summed E-state index contributed by atoms with van der Waals surface area (Å²) in [5, 5.41) is -0.562. The fourth-order valence-electron chi connectivity index (χ4n) is 1.35. The Balaban J connectivity index is 3.14. The quantitative estimate of drug-likeness (QED) is 0.749. The molecule has 0 radical (unpaired) electrons. The van der Waals surface area contributed by atoms with Gasteiger partial charge in [0.2, 0.25) is 9.84 Å². The minimum atomic E-state index is -3.47. The fourth-order valence-corrected chi connectivity index (χ4v) is 3.24. The van der Waals surface area contributed by atoms with Crippen molar-refractivity contribution in [1.82, 2.24) is 4.98 Å².